The molecule has 0 fully saturated rings. The molecule has 1 atom stereocenters. The van der Waals surface area contributed by atoms with Crippen LogP contribution in [0.15, 0.2) is 11.1 Å². The third-order valence-electron chi connectivity index (χ3n) is 1.44. The van der Waals surface area contributed by atoms with Gasteiger partial charge in [0.05, 0.1) is 25.9 Å². The minimum absolute atomic E-state index is 0.325. The maximum Gasteiger partial charge on any atom is 0.0897 e. The van der Waals surface area contributed by atoms with Crippen molar-refractivity contribution < 1.29 is 14.6 Å². The molecular formula is C9H18BrNO3. The van der Waals surface area contributed by atoms with Crippen molar-refractivity contribution >= 4 is 15.9 Å². The van der Waals surface area contributed by atoms with Crippen molar-refractivity contribution in [2.45, 2.75) is 6.10 Å². The summed E-state index contributed by atoms with van der Waals surface area (Å²) in [6, 6.07) is 0. The second-order valence-corrected chi connectivity index (χ2v) is 3.99. The third-order valence-corrected chi connectivity index (χ3v) is 1.72. The van der Waals surface area contributed by atoms with Crippen LogP contribution >= 0.6 is 15.9 Å². The van der Waals surface area contributed by atoms with E-state index in [2.05, 4.69) is 27.8 Å². The lowest BCUT2D eigenvalue weighted by molar-refractivity contribution is 0.0141. The molecule has 0 aliphatic heterocycles. The summed E-state index contributed by atoms with van der Waals surface area (Å²) >= 11 is 3.21. The van der Waals surface area contributed by atoms with E-state index < -0.39 is 6.10 Å². The Balaban J connectivity index is 3.19. The smallest absolute Gasteiger partial charge is 0.0897 e. The van der Waals surface area contributed by atoms with Crippen LogP contribution in [-0.4, -0.2) is 51.2 Å². The standard InChI is InChI=1S/C9H18BrNO3/c1-8(10)5-11-6-9(12)7-14-4-3-13-2/h9,11-12H,1,3-7H2,2H3. The van der Waals surface area contributed by atoms with Crippen LogP contribution in [0.3, 0.4) is 0 Å². The summed E-state index contributed by atoms with van der Waals surface area (Å²) in [6.45, 7) is 6.20. The molecule has 4 nitrogen and oxygen atoms in total. The summed E-state index contributed by atoms with van der Waals surface area (Å²) in [6.07, 6.45) is -0.487. The van der Waals surface area contributed by atoms with Gasteiger partial charge in [-0.3, -0.25) is 0 Å². The number of hydrogen-bond donors (Lipinski definition) is 2. The average Bonchev–Trinajstić information content (AvgIpc) is 2.12. The molecule has 0 aliphatic carbocycles. The molecule has 0 bridgehead atoms. The van der Waals surface area contributed by atoms with Gasteiger partial charge in [-0.05, 0) is 0 Å². The van der Waals surface area contributed by atoms with Gasteiger partial charge in [-0.15, -0.1) is 0 Å². The van der Waals surface area contributed by atoms with Gasteiger partial charge in [-0.25, -0.2) is 0 Å². The highest BCUT2D eigenvalue weighted by atomic mass is 79.9. The van der Waals surface area contributed by atoms with Crippen LogP contribution in [0.5, 0.6) is 0 Å². The lowest BCUT2D eigenvalue weighted by atomic mass is 10.4. The zero-order valence-electron chi connectivity index (χ0n) is 8.46. The predicted molar refractivity (Wildman–Crippen MR) is 59.6 cm³/mol. The van der Waals surface area contributed by atoms with Gasteiger partial charge < -0.3 is 19.9 Å². The minimum atomic E-state index is -0.487. The number of aliphatic hydroxyl groups is 1. The first-order chi connectivity index (χ1) is 6.66. The van der Waals surface area contributed by atoms with Gasteiger partial charge in [0.15, 0.2) is 0 Å². The van der Waals surface area contributed by atoms with Crippen molar-refractivity contribution in [3.8, 4) is 0 Å². The summed E-state index contributed by atoms with van der Waals surface area (Å²) in [5.41, 5.74) is 0. The van der Waals surface area contributed by atoms with Crippen molar-refractivity contribution in [1.29, 1.82) is 0 Å². The Hall–Kier alpha value is 0.0600. The molecule has 84 valence electrons. The quantitative estimate of drug-likeness (QED) is 0.598. The zero-order valence-corrected chi connectivity index (χ0v) is 10.0. The zero-order chi connectivity index (χ0) is 10.8. The number of nitrogens with one attached hydrogen (secondary N) is 1. The molecule has 5 heteroatoms. The fourth-order valence-corrected chi connectivity index (χ4v) is 0.993. The summed E-state index contributed by atoms with van der Waals surface area (Å²) in [5.74, 6) is 0. The van der Waals surface area contributed by atoms with Gasteiger partial charge in [-0.1, -0.05) is 22.5 Å². The van der Waals surface area contributed by atoms with E-state index in [0.717, 1.165) is 4.48 Å². The highest BCUT2D eigenvalue weighted by Crippen LogP contribution is 1.96. The van der Waals surface area contributed by atoms with E-state index in [9.17, 15) is 5.11 Å². The number of halogens is 1. The van der Waals surface area contributed by atoms with Crippen LogP contribution in [0.25, 0.3) is 0 Å². The van der Waals surface area contributed by atoms with Crippen molar-refractivity contribution in [3.63, 3.8) is 0 Å². The number of methoxy groups -OCH3 is 1. The van der Waals surface area contributed by atoms with E-state index in [4.69, 9.17) is 9.47 Å². The van der Waals surface area contributed by atoms with Gasteiger partial charge in [0, 0.05) is 24.7 Å². The maximum absolute atomic E-state index is 9.39. The SMILES string of the molecule is C=C(Br)CNCC(O)COCCOC. The fraction of sp³-hybridized carbons (Fsp3) is 0.778. The Morgan fingerprint density at radius 1 is 1.57 bits per heavy atom. The molecule has 14 heavy (non-hydrogen) atoms. The first-order valence-electron chi connectivity index (χ1n) is 4.45. The fourth-order valence-electron chi connectivity index (χ4n) is 0.795. The van der Waals surface area contributed by atoms with Gasteiger partial charge >= 0.3 is 0 Å². The molecule has 0 rings (SSSR count). The molecule has 0 spiro atoms. The molecule has 1 unspecified atom stereocenters. The second kappa shape index (κ2) is 9.61. The van der Waals surface area contributed by atoms with E-state index in [1.165, 1.54) is 0 Å². The van der Waals surface area contributed by atoms with Gasteiger partial charge in [-0.2, -0.15) is 0 Å². The average molecular weight is 268 g/mol. The topological polar surface area (TPSA) is 50.7 Å². The van der Waals surface area contributed by atoms with Crippen LogP contribution in [-0.2, 0) is 9.47 Å². The monoisotopic (exact) mass is 267 g/mol. The van der Waals surface area contributed by atoms with Crippen LogP contribution in [0.2, 0.25) is 0 Å². The Morgan fingerprint density at radius 3 is 2.86 bits per heavy atom. The molecule has 0 amide bonds. The molecule has 2 N–H and O–H groups in total. The van der Waals surface area contributed by atoms with Crippen molar-refractivity contribution in [3.05, 3.63) is 11.1 Å². The highest BCUT2D eigenvalue weighted by molar-refractivity contribution is 9.11. The van der Waals surface area contributed by atoms with Crippen LogP contribution in [0, 0.1) is 0 Å². The number of aliphatic hydroxyl groups excluding tert-OH is 1. The molecular weight excluding hydrogens is 250 g/mol. The lowest BCUT2D eigenvalue weighted by Gasteiger charge is -2.11. The Bertz CT molecular complexity index is 155. The summed E-state index contributed by atoms with van der Waals surface area (Å²) in [7, 11) is 1.61. The Morgan fingerprint density at radius 2 is 2.29 bits per heavy atom. The molecule has 0 aromatic heterocycles. The molecule has 0 aliphatic rings. The van der Waals surface area contributed by atoms with Crippen molar-refractivity contribution in [2.24, 2.45) is 0 Å². The Labute approximate surface area is 93.4 Å². The summed E-state index contributed by atoms with van der Waals surface area (Å²) in [5, 5.41) is 12.4. The van der Waals surface area contributed by atoms with Gasteiger partial charge in [0.2, 0.25) is 0 Å². The maximum atomic E-state index is 9.39. The largest absolute Gasteiger partial charge is 0.389 e. The number of ether oxygens (including phenoxy) is 2. The molecule has 0 aromatic rings. The van der Waals surface area contributed by atoms with E-state index in [1.807, 2.05) is 0 Å². The molecule has 0 saturated carbocycles. The third kappa shape index (κ3) is 10.1. The van der Waals surface area contributed by atoms with E-state index in [0.29, 0.717) is 32.9 Å². The molecule has 0 aromatic carbocycles. The normalized spacial score (nSPS) is 12.8. The lowest BCUT2D eigenvalue weighted by Crippen LogP contribution is -2.31. The predicted octanol–water partition coefficient (Wildman–Crippen LogP) is 0.508. The minimum Gasteiger partial charge on any atom is -0.389 e. The van der Waals surface area contributed by atoms with E-state index in [-0.39, 0.29) is 0 Å². The number of hydrogen-bond acceptors (Lipinski definition) is 4. The number of rotatable bonds is 9. The summed E-state index contributed by atoms with van der Waals surface area (Å²) < 4.78 is 10.8. The summed E-state index contributed by atoms with van der Waals surface area (Å²) in [4.78, 5) is 0. The van der Waals surface area contributed by atoms with Gasteiger partial charge in [0.25, 0.3) is 0 Å². The van der Waals surface area contributed by atoms with E-state index in [1.54, 1.807) is 7.11 Å². The first kappa shape index (κ1) is 14.1. The van der Waals surface area contributed by atoms with Crippen LogP contribution in [0.4, 0.5) is 0 Å². The molecule has 0 radical (unpaired) electrons. The Kier molecular flexibility index (Phi) is 9.65. The first-order valence-corrected chi connectivity index (χ1v) is 5.25. The van der Waals surface area contributed by atoms with Crippen molar-refractivity contribution in [2.75, 3.05) is 40.0 Å². The highest BCUT2D eigenvalue weighted by Gasteiger charge is 2.02. The van der Waals surface area contributed by atoms with Crippen molar-refractivity contribution in [1.82, 2.24) is 5.32 Å². The van der Waals surface area contributed by atoms with Crippen LogP contribution in [0.1, 0.15) is 0 Å². The molecule has 0 heterocycles. The van der Waals surface area contributed by atoms with Crippen LogP contribution < -0.4 is 5.32 Å². The van der Waals surface area contributed by atoms with E-state index >= 15 is 0 Å². The second-order valence-electron chi connectivity index (χ2n) is 2.87. The van der Waals surface area contributed by atoms with Gasteiger partial charge in [0.1, 0.15) is 0 Å². The molecule has 0 saturated heterocycles.